The third kappa shape index (κ3) is 2.15. The van der Waals surface area contributed by atoms with Crippen molar-refractivity contribution in [3.63, 3.8) is 0 Å². The van der Waals surface area contributed by atoms with E-state index in [9.17, 15) is 0 Å². The molecular weight excluding hydrogens is 326 g/mol. The Morgan fingerprint density at radius 1 is 1.32 bits per heavy atom. The molecule has 96 valence electrons. The minimum absolute atomic E-state index is 0.411. The number of fused-ring (bicyclic) bond motifs is 1. The van der Waals surface area contributed by atoms with Crippen molar-refractivity contribution in [1.29, 1.82) is 0 Å². The van der Waals surface area contributed by atoms with E-state index in [-0.39, 0.29) is 0 Å². The highest BCUT2D eigenvalue weighted by Crippen LogP contribution is 2.27. The van der Waals surface area contributed by atoms with Crippen LogP contribution in [0.2, 0.25) is 0 Å². The Morgan fingerprint density at radius 2 is 2.05 bits per heavy atom. The summed E-state index contributed by atoms with van der Waals surface area (Å²) in [5.74, 6) is 0.411. The van der Waals surface area contributed by atoms with Crippen LogP contribution in [0.4, 0.5) is 0 Å². The van der Waals surface area contributed by atoms with Crippen LogP contribution in [0, 0.1) is 6.92 Å². The first-order valence-corrected chi connectivity index (χ1v) is 7.17. The van der Waals surface area contributed by atoms with Crippen molar-refractivity contribution in [2.75, 3.05) is 0 Å². The molecule has 5 heteroatoms. The summed E-state index contributed by atoms with van der Waals surface area (Å²) in [6.45, 7) is 2.05. The zero-order valence-corrected chi connectivity index (χ0v) is 12.6. The zero-order chi connectivity index (χ0) is 13.4. The van der Waals surface area contributed by atoms with Gasteiger partial charge in [0.2, 0.25) is 0 Å². The molecule has 3 aromatic rings. The van der Waals surface area contributed by atoms with E-state index in [4.69, 9.17) is 11.6 Å². The monoisotopic (exact) mass is 335 g/mol. The van der Waals surface area contributed by atoms with Gasteiger partial charge in [-0.15, -0.1) is 11.6 Å². The fraction of sp³-hybridized carbons (Fsp3) is 0.143. The average Bonchev–Trinajstić information content (AvgIpc) is 2.78. The van der Waals surface area contributed by atoms with Crippen LogP contribution >= 0.6 is 27.5 Å². The van der Waals surface area contributed by atoms with E-state index in [0.717, 1.165) is 32.6 Å². The van der Waals surface area contributed by atoms with Gasteiger partial charge < -0.3 is 4.40 Å². The molecule has 0 amide bonds. The minimum atomic E-state index is 0.411. The molecule has 0 bridgehead atoms. The first-order chi connectivity index (χ1) is 9.20. The molecule has 0 atom stereocenters. The molecule has 3 rings (SSSR count). The van der Waals surface area contributed by atoms with Crippen molar-refractivity contribution in [3.05, 3.63) is 52.5 Å². The van der Waals surface area contributed by atoms with E-state index < -0.39 is 0 Å². The second-order valence-corrected chi connectivity index (χ2v) is 5.43. The van der Waals surface area contributed by atoms with Crippen molar-refractivity contribution < 1.29 is 0 Å². The molecule has 0 spiro atoms. The minimum Gasteiger partial charge on any atom is -0.301 e. The number of nitrogens with zero attached hydrogens (tertiary/aromatic N) is 3. The van der Waals surface area contributed by atoms with Crippen LogP contribution in [-0.4, -0.2) is 14.4 Å². The molecule has 0 saturated carbocycles. The third-order valence-electron chi connectivity index (χ3n) is 3.08. The van der Waals surface area contributed by atoms with E-state index >= 15 is 0 Å². The van der Waals surface area contributed by atoms with E-state index in [1.54, 1.807) is 12.4 Å². The molecule has 0 N–H and O–H groups in total. The van der Waals surface area contributed by atoms with Gasteiger partial charge in [0.05, 0.1) is 17.3 Å². The Hall–Kier alpha value is -1.39. The molecule has 0 fully saturated rings. The van der Waals surface area contributed by atoms with Crippen LogP contribution in [0.1, 0.15) is 11.3 Å². The quantitative estimate of drug-likeness (QED) is 0.656. The van der Waals surface area contributed by atoms with E-state index in [1.165, 1.54) is 0 Å². The number of hydrogen-bond acceptors (Lipinski definition) is 2. The molecule has 0 aliphatic carbocycles. The average molecular weight is 337 g/mol. The standard InChI is InChI=1S/C14H11BrClN3/c1-9-6-13-18-14(10-2-4-17-5-3-10)12(7-16)19(13)8-11(9)15/h2-6,8H,7H2,1H3. The van der Waals surface area contributed by atoms with Crippen molar-refractivity contribution in [2.45, 2.75) is 12.8 Å². The molecule has 0 aromatic carbocycles. The van der Waals surface area contributed by atoms with Crippen LogP contribution in [0.5, 0.6) is 0 Å². The van der Waals surface area contributed by atoms with Gasteiger partial charge in [0, 0.05) is 28.6 Å². The Bertz CT molecular complexity index is 737. The van der Waals surface area contributed by atoms with Crippen molar-refractivity contribution >= 4 is 33.2 Å². The van der Waals surface area contributed by atoms with Crippen LogP contribution in [-0.2, 0) is 5.88 Å². The summed E-state index contributed by atoms with van der Waals surface area (Å²) in [5.41, 5.74) is 4.99. The van der Waals surface area contributed by atoms with Crippen LogP contribution in [0.25, 0.3) is 16.9 Å². The fourth-order valence-corrected chi connectivity index (χ4v) is 2.65. The number of aromatic nitrogens is 3. The molecule has 0 saturated heterocycles. The Balaban J connectivity index is 2.31. The van der Waals surface area contributed by atoms with Crippen LogP contribution in [0.15, 0.2) is 41.3 Å². The SMILES string of the molecule is Cc1cc2nc(-c3ccncc3)c(CCl)n2cc1Br. The van der Waals surface area contributed by atoms with Crippen LogP contribution in [0.3, 0.4) is 0 Å². The number of rotatable bonds is 2. The van der Waals surface area contributed by atoms with Gasteiger partial charge in [-0.25, -0.2) is 4.98 Å². The third-order valence-corrected chi connectivity index (χ3v) is 4.17. The zero-order valence-electron chi connectivity index (χ0n) is 10.3. The first kappa shape index (κ1) is 12.6. The molecule has 0 aliphatic heterocycles. The lowest BCUT2D eigenvalue weighted by atomic mass is 10.2. The molecule has 3 aromatic heterocycles. The van der Waals surface area contributed by atoms with Gasteiger partial charge in [-0.1, -0.05) is 0 Å². The highest BCUT2D eigenvalue weighted by molar-refractivity contribution is 9.10. The Labute approximate surface area is 124 Å². The number of pyridine rings is 2. The van der Waals surface area contributed by atoms with E-state index in [1.807, 2.05) is 35.7 Å². The molecule has 19 heavy (non-hydrogen) atoms. The maximum Gasteiger partial charge on any atom is 0.138 e. The lowest BCUT2D eigenvalue weighted by Gasteiger charge is -2.03. The van der Waals surface area contributed by atoms with Crippen molar-refractivity contribution in [2.24, 2.45) is 0 Å². The molecule has 3 heterocycles. The van der Waals surface area contributed by atoms with Gasteiger partial charge in [0.15, 0.2) is 0 Å². The highest BCUT2D eigenvalue weighted by Gasteiger charge is 2.14. The van der Waals surface area contributed by atoms with Gasteiger partial charge in [0.25, 0.3) is 0 Å². The summed E-state index contributed by atoms with van der Waals surface area (Å²) in [6.07, 6.45) is 5.54. The van der Waals surface area contributed by atoms with Crippen molar-refractivity contribution in [1.82, 2.24) is 14.4 Å². The summed E-state index contributed by atoms with van der Waals surface area (Å²) in [5, 5.41) is 0. The summed E-state index contributed by atoms with van der Waals surface area (Å²) in [4.78, 5) is 8.72. The lowest BCUT2D eigenvalue weighted by molar-refractivity contribution is 1.07. The second kappa shape index (κ2) is 4.94. The topological polar surface area (TPSA) is 30.2 Å². The normalized spacial score (nSPS) is 11.1. The molecule has 0 aliphatic rings. The maximum atomic E-state index is 6.10. The molecule has 0 radical (unpaired) electrons. The summed E-state index contributed by atoms with van der Waals surface area (Å²) >= 11 is 9.65. The summed E-state index contributed by atoms with van der Waals surface area (Å²) in [7, 11) is 0. The summed E-state index contributed by atoms with van der Waals surface area (Å²) < 4.78 is 3.07. The second-order valence-electron chi connectivity index (χ2n) is 4.31. The smallest absolute Gasteiger partial charge is 0.138 e. The van der Waals surface area contributed by atoms with Gasteiger partial charge in [-0.2, -0.15) is 0 Å². The highest BCUT2D eigenvalue weighted by atomic mass is 79.9. The first-order valence-electron chi connectivity index (χ1n) is 5.84. The lowest BCUT2D eigenvalue weighted by Crippen LogP contribution is -1.92. The number of aryl methyl sites for hydroxylation is 1. The molecule has 0 unspecified atom stereocenters. The Kier molecular flexibility index (Phi) is 3.29. The molecule has 3 nitrogen and oxygen atoms in total. The van der Waals surface area contributed by atoms with Gasteiger partial charge >= 0.3 is 0 Å². The van der Waals surface area contributed by atoms with E-state index in [2.05, 4.69) is 25.9 Å². The number of halogens is 2. The van der Waals surface area contributed by atoms with E-state index in [0.29, 0.717) is 5.88 Å². The predicted molar refractivity (Wildman–Crippen MR) is 80.4 cm³/mol. The fourth-order valence-electron chi connectivity index (χ4n) is 2.08. The molecular formula is C14H11BrClN3. The van der Waals surface area contributed by atoms with Crippen LogP contribution < -0.4 is 0 Å². The van der Waals surface area contributed by atoms with Gasteiger partial charge in [-0.3, -0.25) is 4.98 Å². The predicted octanol–water partition coefficient (Wildman–Crippen LogP) is 4.21. The van der Waals surface area contributed by atoms with Crippen molar-refractivity contribution in [3.8, 4) is 11.3 Å². The maximum absolute atomic E-state index is 6.10. The largest absolute Gasteiger partial charge is 0.301 e. The number of imidazole rings is 1. The Morgan fingerprint density at radius 3 is 2.74 bits per heavy atom. The summed E-state index contributed by atoms with van der Waals surface area (Å²) in [6, 6.07) is 5.93. The van der Waals surface area contributed by atoms with Gasteiger partial charge in [0.1, 0.15) is 5.65 Å². The number of hydrogen-bond donors (Lipinski definition) is 0. The van der Waals surface area contributed by atoms with Gasteiger partial charge in [-0.05, 0) is 46.6 Å². The number of alkyl halides is 1.